The number of nitrogens with two attached hydrogens (primary N) is 1. The van der Waals surface area contributed by atoms with E-state index in [1.165, 1.54) is 16.4 Å². The average Bonchev–Trinajstić information content (AvgIpc) is 2.38. The third kappa shape index (κ3) is 3.16. The highest BCUT2D eigenvalue weighted by molar-refractivity contribution is 9.10. The van der Waals surface area contributed by atoms with Gasteiger partial charge >= 0.3 is 0 Å². The van der Waals surface area contributed by atoms with E-state index in [0.29, 0.717) is 23.9 Å². The number of carbonyl (C=O) groups excluding carboxylic acids is 1. The van der Waals surface area contributed by atoms with Crippen LogP contribution in [0.3, 0.4) is 0 Å². The first-order chi connectivity index (χ1) is 9.32. The van der Waals surface area contributed by atoms with Gasteiger partial charge in [-0.1, -0.05) is 27.5 Å². The second-order valence-corrected chi connectivity index (χ2v) is 7.91. The van der Waals surface area contributed by atoms with Crippen LogP contribution < -0.4 is 5.73 Å². The molecule has 1 amide bonds. The van der Waals surface area contributed by atoms with E-state index < -0.39 is 21.8 Å². The van der Waals surface area contributed by atoms with E-state index in [2.05, 4.69) is 15.9 Å². The number of amides is 1. The monoisotopic (exact) mass is 380 g/mol. The maximum atomic E-state index is 12.6. The molecule has 0 aromatic heterocycles. The Labute approximate surface area is 131 Å². The maximum absolute atomic E-state index is 12.6. The summed E-state index contributed by atoms with van der Waals surface area (Å²) in [7, 11) is -3.70. The van der Waals surface area contributed by atoms with Gasteiger partial charge in [-0.15, -0.1) is 0 Å². The predicted molar refractivity (Wildman–Crippen MR) is 79.8 cm³/mol. The van der Waals surface area contributed by atoms with Gasteiger partial charge in [-0.3, -0.25) is 4.79 Å². The van der Waals surface area contributed by atoms with Gasteiger partial charge in [-0.05, 0) is 31.0 Å². The zero-order chi connectivity index (χ0) is 14.9. The molecule has 1 aromatic rings. The first kappa shape index (κ1) is 15.8. The van der Waals surface area contributed by atoms with Gasteiger partial charge in [0.05, 0.1) is 10.9 Å². The number of hydrogen-bond acceptors (Lipinski definition) is 3. The minimum absolute atomic E-state index is 0.0486. The highest BCUT2D eigenvalue weighted by Gasteiger charge is 2.33. The van der Waals surface area contributed by atoms with E-state index >= 15 is 0 Å². The van der Waals surface area contributed by atoms with E-state index in [9.17, 15) is 13.2 Å². The van der Waals surface area contributed by atoms with Crippen molar-refractivity contribution in [3.05, 3.63) is 27.7 Å². The number of sulfonamides is 1. The fourth-order valence-corrected chi connectivity index (χ4v) is 4.75. The van der Waals surface area contributed by atoms with Crippen molar-refractivity contribution in [2.24, 2.45) is 11.7 Å². The van der Waals surface area contributed by atoms with Crippen molar-refractivity contribution >= 4 is 43.5 Å². The molecule has 1 saturated heterocycles. The standard InChI is InChI=1S/C12H14BrClN2O3S/c13-9-3-4-11(10(14)6-9)20(18,19)16-5-1-2-8(7-16)12(15)17/h3-4,6,8H,1-2,5,7H2,(H2,15,17)/t8-/m1/s1. The Bertz CT molecular complexity index is 636. The van der Waals surface area contributed by atoms with Gasteiger partial charge in [0.25, 0.3) is 0 Å². The lowest BCUT2D eigenvalue weighted by Gasteiger charge is -2.30. The number of carbonyl (C=O) groups is 1. The molecular weight excluding hydrogens is 368 g/mol. The van der Waals surface area contributed by atoms with E-state index in [1.807, 2.05) is 0 Å². The Morgan fingerprint density at radius 3 is 2.75 bits per heavy atom. The topological polar surface area (TPSA) is 80.5 Å². The minimum atomic E-state index is -3.70. The van der Waals surface area contributed by atoms with Crippen LogP contribution in [0.25, 0.3) is 0 Å². The Morgan fingerprint density at radius 1 is 1.45 bits per heavy atom. The number of nitrogens with zero attached hydrogens (tertiary/aromatic N) is 1. The number of rotatable bonds is 3. The van der Waals surface area contributed by atoms with E-state index in [0.717, 1.165) is 0 Å². The molecule has 0 spiro atoms. The molecule has 0 saturated carbocycles. The molecule has 20 heavy (non-hydrogen) atoms. The lowest BCUT2D eigenvalue weighted by atomic mass is 9.99. The number of benzene rings is 1. The van der Waals surface area contributed by atoms with Crippen molar-refractivity contribution in [1.82, 2.24) is 4.31 Å². The fraction of sp³-hybridized carbons (Fsp3) is 0.417. The van der Waals surface area contributed by atoms with E-state index in [1.54, 1.807) is 6.07 Å². The van der Waals surface area contributed by atoms with Crippen LogP contribution in [0.2, 0.25) is 5.02 Å². The fourth-order valence-electron chi connectivity index (χ4n) is 2.22. The molecular formula is C12H14BrClN2O3S. The van der Waals surface area contributed by atoms with Crippen LogP contribution >= 0.6 is 27.5 Å². The normalized spacial score (nSPS) is 20.8. The molecule has 0 unspecified atom stereocenters. The van der Waals surface area contributed by atoms with Crippen LogP contribution in [-0.2, 0) is 14.8 Å². The molecule has 0 bridgehead atoms. The smallest absolute Gasteiger partial charge is 0.244 e. The Balaban J connectivity index is 2.32. The van der Waals surface area contributed by atoms with Crippen molar-refractivity contribution in [2.45, 2.75) is 17.7 Å². The van der Waals surface area contributed by atoms with Crippen LogP contribution in [0.1, 0.15) is 12.8 Å². The molecule has 1 aromatic carbocycles. The summed E-state index contributed by atoms with van der Waals surface area (Å²) in [4.78, 5) is 11.3. The summed E-state index contributed by atoms with van der Waals surface area (Å²) >= 11 is 9.24. The summed E-state index contributed by atoms with van der Waals surface area (Å²) in [5.74, 6) is -0.903. The SMILES string of the molecule is NC(=O)[C@@H]1CCCN(S(=O)(=O)c2ccc(Br)cc2Cl)C1. The Hall–Kier alpha value is -0.630. The highest BCUT2D eigenvalue weighted by Crippen LogP contribution is 2.30. The summed E-state index contributed by atoms with van der Waals surface area (Å²) < 4.78 is 27.1. The molecule has 110 valence electrons. The summed E-state index contributed by atoms with van der Waals surface area (Å²) in [5.41, 5.74) is 5.27. The van der Waals surface area contributed by atoms with Crippen molar-refractivity contribution in [1.29, 1.82) is 0 Å². The van der Waals surface area contributed by atoms with Gasteiger partial charge in [0, 0.05) is 17.6 Å². The second kappa shape index (κ2) is 6.01. The predicted octanol–water partition coefficient (Wildman–Crippen LogP) is 1.99. The first-order valence-electron chi connectivity index (χ1n) is 6.07. The molecule has 1 aliphatic rings. The zero-order valence-electron chi connectivity index (χ0n) is 10.6. The van der Waals surface area contributed by atoms with Crippen molar-refractivity contribution in [2.75, 3.05) is 13.1 Å². The summed E-state index contributed by atoms with van der Waals surface area (Å²) in [6, 6.07) is 4.61. The van der Waals surface area contributed by atoms with Gasteiger partial charge in [0.1, 0.15) is 4.90 Å². The molecule has 0 aliphatic carbocycles. The van der Waals surface area contributed by atoms with Gasteiger partial charge in [0.15, 0.2) is 0 Å². The number of hydrogen-bond donors (Lipinski definition) is 1. The summed E-state index contributed by atoms with van der Waals surface area (Å²) in [6.07, 6.45) is 1.23. The molecule has 1 heterocycles. The summed E-state index contributed by atoms with van der Waals surface area (Å²) in [6.45, 7) is 0.489. The van der Waals surface area contributed by atoms with Crippen LogP contribution in [0.15, 0.2) is 27.6 Å². The van der Waals surface area contributed by atoms with Crippen LogP contribution in [0.4, 0.5) is 0 Å². The van der Waals surface area contributed by atoms with Gasteiger partial charge in [0.2, 0.25) is 15.9 Å². The second-order valence-electron chi connectivity index (χ2n) is 4.68. The lowest BCUT2D eigenvalue weighted by molar-refractivity contribution is -0.122. The Morgan fingerprint density at radius 2 is 2.15 bits per heavy atom. The first-order valence-corrected chi connectivity index (χ1v) is 8.68. The zero-order valence-corrected chi connectivity index (χ0v) is 13.7. The quantitative estimate of drug-likeness (QED) is 0.869. The molecule has 2 N–H and O–H groups in total. The van der Waals surface area contributed by atoms with Gasteiger partial charge in [-0.25, -0.2) is 8.42 Å². The van der Waals surface area contributed by atoms with E-state index in [-0.39, 0.29) is 16.5 Å². The van der Waals surface area contributed by atoms with E-state index in [4.69, 9.17) is 17.3 Å². The number of piperidine rings is 1. The van der Waals surface area contributed by atoms with Crippen LogP contribution in [0.5, 0.6) is 0 Å². The van der Waals surface area contributed by atoms with Gasteiger partial charge < -0.3 is 5.73 Å². The van der Waals surface area contributed by atoms with Crippen molar-refractivity contribution in [3.63, 3.8) is 0 Å². The minimum Gasteiger partial charge on any atom is -0.369 e. The number of primary amides is 1. The maximum Gasteiger partial charge on any atom is 0.244 e. The molecule has 1 aliphatic heterocycles. The van der Waals surface area contributed by atoms with Crippen LogP contribution in [-0.4, -0.2) is 31.7 Å². The molecule has 1 fully saturated rings. The van der Waals surface area contributed by atoms with Crippen molar-refractivity contribution in [3.8, 4) is 0 Å². The third-order valence-electron chi connectivity index (χ3n) is 3.30. The van der Waals surface area contributed by atoms with Gasteiger partial charge in [-0.2, -0.15) is 4.31 Å². The highest BCUT2D eigenvalue weighted by atomic mass is 79.9. The Kier molecular flexibility index (Phi) is 4.73. The van der Waals surface area contributed by atoms with Crippen LogP contribution in [0, 0.1) is 5.92 Å². The average molecular weight is 382 g/mol. The lowest BCUT2D eigenvalue weighted by Crippen LogP contribution is -2.44. The molecule has 8 heteroatoms. The summed E-state index contributed by atoms with van der Waals surface area (Å²) in [5, 5.41) is 0.153. The molecule has 1 atom stereocenters. The molecule has 0 radical (unpaired) electrons. The molecule has 2 rings (SSSR count). The largest absolute Gasteiger partial charge is 0.369 e. The molecule has 5 nitrogen and oxygen atoms in total. The third-order valence-corrected chi connectivity index (χ3v) is 6.14. The van der Waals surface area contributed by atoms with Crippen molar-refractivity contribution < 1.29 is 13.2 Å². The number of halogens is 2.